The Morgan fingerprint density at radius 2 is 2.19 bits per heavy atom. The molecule has 0 unspecified atom stereocenters. The first-order valence-corrected chi connectivity index (χ1v) is 8.66. The summed E-state index contributed by atoms with van der Waals surface area (Å²) < 4.78 is 18.2. The molecular weight excluding hydrogens is 351 g/mol. The molecular formula is C19H13FN4OS. The summed E-state index contributed by atoms with van der Waals surface area (Å²) in [5.74, 6) is 1.65. The predicted octanol–water partition coefficient (Wildman–Crippen LogP) is 3.17. The van der Waals surface area contributed by atoms with Gasteiger partial charge in [-0.2, -0.15) is 4.99 Å². The van der Waals surface area contributed by atoms with E-state index in [0.717, 1.165) is 0 Å². The maximum Gasteiger partial charge on any atom is 0.298 e. The number of aryl methyl sites for hydroxylation is 1. The molecule has 0 aliphatic rings. The molecule has 0 fully saturated rings. The molecule has 0 N–H and O–H groups in total. The summed E-state index contributed by atoms with van der Waals surface area (Å²) in [6.07, 6.45) is 7.19. The van der Waals surface area contributed by atoms with Crippen molar-refractivity contribution < 1.29 is 9.18 Å². The minimum Gasteiger partial charge on any atom is -0.302 e. The van der Waals surface area contributed by atoms with Crippen molar-refractivity contribution in [2.75, 3.05) is 0 Å². The molecule has 5 nitrogen and oxygen atoms in total. The molecule has 0 aliphatic heterocycles. The molecule has 0 aliphatic carbocycles. The lowest BCUT2D eigenvalue weighted by Gasteiger charge is -2.01. The molecule has 1 amide bonds. The third kappa shape index (κ3) is 2.52. The van der Waals surface area contributed by atoms with Crippen LogP contribution in [0.4, 0.5) is 4.39 Å². The zero-order valence-corrected chi connectivity index (χ0v) is 14.6. The van der Waals surface area contributed by atoms with Gasteiger partial charge in [0.05, 0.1) is 22.5 Å². The second-order valence-electron chi connectivity index (χ2n) is 5.65. The average Bonchev–Trinajstić information content (AvgIpc) is 3.13. The van der Waals surface area contributed by atoms with Gasteiger partial charge in [0.2, 0.25) is 0 Å². The third-order valence-electron chi connectivity index (χ3n) is 4.01. The molecule has 1 aromatic carbocycles. The number of fused-ring (bicyclic) bond motifs is 2. The number of carbonyl (C=O) groups is 1. The Morgan fingerprint density at radius 1 is 1.35 bits per heavy atom. The van der Waals surface area contributed by atoms with Crippen molar-refractivity contribution in [2.24, 2.45) is 4.99 Å². The molecule has 0 spiro atoms. The normalized spacial score (nSPS) is 12.0. The van der Waals surface area contributed by atoms with Gasteiger partial charge >= 0.3 is 0 Å². The van der Waals surface area contributed by atoms with Crippen molar-refractivity contribution in [1.82, 2.24) is 14.0 Å². The van der Waals surface area contributed by atoms with Gasteiger partial charge in [-0.3, -0.25) is 9.20 Å². The van der Waals surface area contributed by atoms with Crippen LogP contribution in [0.2, 0.25) is 0 Å². The van der Waals surface area contributed by atoms with Gasteiger partial charge in [0.25, 0.3) is 5.91 Å². The van der Waals surface area contributed by atoms with Gasteiger partial charge in [-0.1, -0.05) is 29.4 Å². The summed E-state index contributed by atoms with van der Waals surface area (Å²) >= 11 is 1.23. The molecule has 3 heterocycles. The maximum absolute atomic E-state index is 14.2. The van der Waals surface area contributed by atoms with Gasteiger partial charge in [-0.25, -0.2) is 9.37 Å². The number of thiazole rings is 1. The fourth-order valence-corrected chi connectivity index (χ4v) is 3.96. The number of imidazole rings is 1. The van der Waals surface area contributed by atoms with Gasteiger partial charge in [-0.15, -0.1) is 6.42 Å². The van der Waals surface area contributed by atoms with Gasteiger partial charge in [0, 0.05) is 6.20 Å². The van der Waals surface area contributed by atoms with Crippen molar-refractivity contribution in [3.8, 4) is 12.3 Å². The number of pyridine rings is 1. The van der Waals surface area contributed by atoms with E-state index in [4.69, 9.17) is 6.42 Å². The zero-order valence-electron chi connectivity index (χ0n) is 13.8. The summed E-state index contributed by atoms with van der Waals surface area (Å²) in [4.78, 5) is 21.8. The predicted molar refractivity (Wildman–Crippen MR) is 98.4 cm³/mol. The van der Waals surface area contributed by atoms with E-state index in [0.29, 0.717) is 32.1 Å². The van der Waals surface area contributed by atoms with Crippen molar-refractivity contribution in [3.05, 3.63) is 64.6 Å². The van der Waals surface area contributed by atoms with E-state index in [9.17, 15) is 9.18 Å². The van der Waals surface area contributed by atoms with Gasteiger partial charge in [-0.05, 0) is 31.2 Å². The fraction of sp³-hybridized carbons (Fsp3) is 0.105. The number of rotatable bonds is 2. The van der Waals surface area contributed by atoms with Crippen LogP contribution >= 0.6 is 11.3 Å². The number of aromatic nitrogens is 3. The summed E-state index contributed by atoms with van der Waals surface area (Å²) in [7, 11) is 0. The number of para-hydroxylation sites is 1. The van der Waals surface area contributed by atoms with E-state index < -0.39 is 11.7 Å². The highest BCUT2D eigenvalue weighted by Gasteiger charge is 2.17. The van der Waals surface area contributed by atoms with E-state index in [2.05, 4.69) is 15.9 Å². The van der Waals surface area contributed by atoms with E-state index in [1.54, 1.807) is 34.2 Å². The lowest BCUT2D eigenvalue weighted by atomic mass is 10.3. The minimum atomic E-state index is -0.445. The second-order valence-corrected chi connectivity index (χ2v) is 6.66. The molecule has 26 heavy (non-hydrogen) atoms. The molecule has 128 valence electrons. The van der Waals surface area contributed by atoms with Crippen LogP contribution < -0.4 is 4.80 Å². The first kappa shape index (κ1) is 16.2. The Bertz CT molecular complexity index is 1270. The van der Waals surface area contributed by atoms with Crippen LogP contribution in [0.1, 0.15) is 16.2 Å². The first-order chi connectivity index (χ1) is 12.6. The highest BCUT2D eigenvalue weighted by Crippen LogP contribution is 2.20. The standard InChI is InChI=1S/C19H13FN4OS/c1-3-10-24-17-13(20)7-6-8-14(17)26-19(24)22-18(25)16-12(2)21-15-9-4-5-11-23(15)16/h1,4-9,11H,10H2,2H3. The highest BCUT2D eigenvalue weighted by molar-refractivity contribution is 7.16. The molecule has 7 heteroatoms. The van der Waals surface area contributed by atoms with Crippen LogP contribution in [0, 0.1) is 25.1 Å². The van der Waals surface area contributed by atoms with Crippen LogP contribution in [0.15, 0.2) is 47.6 Å². The molecule has 3 aromatic heterocycles. The number of benzene rings is 1. The first-order valence-electron chi connectivity index (χ1n) is 7.84. The van der Waals surface area contributed by atoms with Crippen molar-refractivity contribution in [2.45, 2.75) is 13.5 Å². The Hall–Kier alpha value is -3.24. The summed E-state index contributed by atoms with van der Waals surface area (Å²) in [5, 5.41) is 0. The van der Waals surface area contributed by atoms with Crippen LogP contribution in [-0.4, -0.2) is 19.9 Å². The van der Waals surface area contributed by atoms with E-state index in [1.807, 2.05) is 18.2 Å². The monoisotopic (exact) mass is 364 g/mol. The minimum absolute atomic E-state index is 0.124. The summed E-state index contributed by atoms with van der Waals surface area (Å²) in [5.41, 5.74) is 1.99. The molecule has 4 rings (SSSR count). The quantitative estimate of drug-likeness (QED) is 0.513. The number of nitrogens with zero attached hydrogens (tertiary/aromatic N) is 4. The Kier molecular flexibility index (Phi) is 3.90. The Balaban J connectivity index is 1.95. The topological polar surface area (TPSA) is 51.7 Å². The molecule has 0 saturated carbocycles. The van der Waals surface area contributed by atoms with E-state index in [-0.39, 0.29) is 6.54 Å². The molecule has 0 atom stereocenters. The lowest BCUT2D eigenvalue weighted by Crippen LogP contribution is -2.17. The van der Waals surface area contributed by atoms with Gasteiger partial charge in [0.1, 0.15) is 17.2 Å². The largest absolute Gasteiger partial charge is 0.302 e. The number of terminal acetylenes is 1. The second kappa shape index (κ2) is 6.24. The van der Waals surface area contributed by atoms with Crippen molar-refractivity contribution in [1.29, 1.82) is 0 Å². The zero-order chi connectivity index (χ0) is 18.3. The number of halogens is 1. The van der Waals surface area contributed by atoms with Crippen molar-refractivity contribution in [3.63, 3.8) is 0 Å². The van der Waals surface area contributed by atoms with Crippen LogP contribution in [0.3, 0.4) is 0 Å². The van der Waals surface area contributed by atoms with Gasteiger partial charge < -0.3 is 4.57 Å². The molecule has 0 bridgehead atoms. The molecule has 0 saturated heterocycles. The number of hydrogen-bond donors (Lipinski definition) is 0. The summed E-state index contributed by atoms with van der Waals surface area (Å²) in [6.45, 7) is 1.88. The Morgan fingerprint density at radius 3 is 3.00 bits per heavy atom. The highest BCUT2D eigenvalue weighted by atomic mass is 32.1. The lowest BCUT2D eigenvalue weighted by molar-refractivity contribution is 0.0991. The average molecular weight is 364 g/mol. The number of amides is 1. The maximum atomic E-state index is 14.2. The van der Waals surface area contributed by atoms with E-state index in [1.165, 1.54) is 17.4 Å². The van der Waals surface area contributed by atoms with Gasteiger partial charge in [0.15, 0.2) is 4.80 Å². The van der Waals surface area contributed by atoms with Crippen molar-refractivity contribution >= 4 is 33.1 Å². The SMILES string of the molecule is C#CCn1c(=NC(=O)c2c(C)nc3ccccn23)sc2cccc(F)c21. The third-order valence-corrected chi connectivity index (χ3v) is 5.05. The number of carbonyl (C=O) groups excluding carboxylic acids is 1. The van der Waals surface area contributed by atoms with Crippen LogP contribution in [-0.2, 0) is 6.54 Å². The smallest absolute Gasteiger partial charge is 0.298 e. The number of hydrogen-bond acceptors (Lipinski definition) is 3. The van der Waals surface area contributed by atoms with E-state index >= 15 is 0 Å². The molecule has 4 aromatic rings. The Labute approximate surface area is 152 Å². The van der Waals surface area contributed by atoms with Crippen LogP contribution in [0.25, 0.3) is 15.9 Å². The van der Waals surface area contributed by atoms with Crippen LogP contribution in [0.5, 0.6) is 0 Å². The fourth-order valence-electron chi connectivity index (χ4n) is 2.92. The molecule has 0 radical (unpaired) electrons. The summed E-state index contributed by atoms with van der Waals surface area (Å²) in [6, 6.07) is 10.2.